The molecular formula is C12H26O2. The fraction of sp³-hybridized carbons (Fsp3) is 1.00. The zero-order valence-electron chi connectivity index (χ0n) is 9.89. The van der Waals surface area contributed by atoms with Crippen molar-refractivity contribution in [3.8, 4) is 0 Å². The molecule has 0 bridgehead atoms. The minimum atomic E-state index is 0.850. The Bertz CT molecular complexity index is 82.3. The predicted molar refractivity (Wildman–Crippen MR) is 60.7 cm³/mol. The Morgan fingerprint density at radius 1 is 0.571 bits per heavy atom. The van der Waals surface area contributed by atoms with Gasteiger partial charge in [-0.3, -0.25) is 0 Å². The van der Waals surface area contributed by atoms with Gasteiger partial charge in [-0.25, -0.2) is 0 Å². The molecule has 0 aliphatic heterocycles. The maximum absolute atomic E-state index is 5.48. The minimum absolute atomic E-state index is 0.850. The third-order valence-electron chi connectivity index (χ3n) is 2.07. The molecule has 2 heteroatoms. The summed E-state index contributed by atoms with van der Waals surface area (Å²) in [6.45, 7) is 7.87. The van der Waals surface area contributed by atoms with Crippen molar-refractivity contribution in [3.05, 3.63) is 0 Å². The number of hydrogen-bond donors (Lipinski definition) is 0. The molecule has 0 aliphatic carbocycles. The highest BCUT2D eigenvalue weighted by atomic mass is 16.5. The summed E-state index contributed by atoms with van der Waals surface area (Å²) < 4.78 is 10.8. The molecule has 0 amide bonds. The van der Waals surface area contributed by atoms with Gasteiger partial charge in [0.1, 0.15) is 0 Å². The van der Waals surface area contributed by atoms with Crippen LogP contribution in [0.3, 0.4) is 0 Å². The van der Waals surface area contributed by atoms with E-state index in [-0.39, 0.29) is 0 Å². The Morgan fingerprint density at radius 2 is 1.21 bits per heavy atom. The van der Waals surface area contributed by atoms with Crippen molar-refractivity contribution in [1.29, 1.82) is 0 Å². The van der Waals surface area contributed by atoms with Gasteiger partial charge in [0, 0.05) is 26.4 Å². The summed E-state index contributed by atoms with van der Waals surface area (Å²) in [5, 5.41) is 0. The van der Waals surface area contributed by atoms with E-state index >= 15 is 0 Å². The molecular weight excluding hydrogens is 176 g/mol. The summed E-state index contributed by atoms with van der Waals surface area (Å²) in [5.41, 5.74) is 0. The van der Waals surface area contributed by atoms with Gasteiger partial charge in [0.15, 0.2) is 0 Å². The molecule has 0 aromatic carbocycles. The van der Waals surface area contributed by atoms with Crippen LogP contribution >= 0.6 is 0 Å². The van der Waals surface area contributed by atoms with E-state index in [9.17, 15) is 0 Å². The molecule has 0 unspecified atom stereocenters. The highest BCUT2D eigenvalue weighted by molar-refractivity contribution is 4.40. The minimum Gasteiger partial charge on any atom is -0.381 e. The second-order valence-electron chi connectivity index (χ2n) is 3.64. The third-order valence-corrected chi connectivity index (χ3v) is 2.07. The molecule has 0 saturated heterocycles. The average molecular weight is 202 g/mol. The van der Waals surface area contributed by atoms with Gasteiger partial charge in [-0.05, 0) is 19.3 Å². The van der Waals surface area contributed by atoms with Crippen molar-refractivity contribution in [1.82, 2.24) is 0 Å². The van der Waals surface area contributed by atoms with Gasteiger partial charge in [0.25, 0.3) is 0 Å². The second-order valence-corrected chi connectivity index (χ2v) is 3.64. The lowest BCUT2D eigenvalue weighted by Gasteiger charge is -2.04. The first-order valence-electron chi connectivity index (χ1n) is 6.07. The van der Waals surface area contributed by atoms with Crippen molar-refractivity contribution in [2.45, 2.75) is 52.4 Å². The summed E-state index contributed by atoms with van der Waals surface area (Å²) >= 11 is 0. The maximum atomic E-state index is 5.48. The van der Waals surface area contributed by atoms with Gasteiger partial charge in [0.2, 0.25) is 0 Å². The molecule has 0 atom stereocenters. The number of unbranched alkanes of at least 4 members (excludes halogenated alkanes) is 3. The van der Waals surface area contributed by atoms with E-state index in [0.717, 1.165) is 39.3 Å². The van der Waals surface area contributed by atoms with Crippen molar-refractivity contribution in [2.75, 3.05) is 26.4 Å². The van der Waals surface area contributed by atoms with E-state index < -0.39 is 0 Å². The van der Waals surface area contributed by atoms with Gasteiger partial charge in [-0.15, -0.1) is 0 Å². The van der Waals surface area contributed by atoms with Crippen molar-refractivity contribution in [2.24, 2.45) is 0 Å². The molecule has 0 fully saturated rings. The van der Waals surface area contributed by atoms with Crippen molar-refractivity contribution < 1.29 is 9.47 Å². The Kier molecular flexibility index (Phi) is 12.8. The smallest absolute Gasteiger partial charge is 0.0487 e. The van der Waals surface area contributed by atoms with Gasteiger partial charge >= 0.3 is 0 Å². The molecule has 14 heavy (non-hydrogen) atoms. The quantitative estimate of drug-likeness (QED) is 0.478. The van der Waals surface area contributed by atoms with Gasteiger partial charge < -0.3 is 9.47 Å². The standard InChI is InChI=1S/C12H26O2/c1-3-5-6-7-10-14-12-8-11-13-9-4-2/h3-12H2,1-2H3. The van der Waals surface area contributed by atoms with Crippen molar-refractivity contribution in [3.63, 3.8) is 0 Å². The molecule has 0 N–H and O–H groups in total. The maximum Gasteiger partial charge on any atom is 0.0487 e. The van der Waals surface area contributed by atoms with Crippen LogP contribution in [0.4, 0.5) is 0 Å². The molecule has 2 nitrogen and oxygen atoms in total. The fourth-order valence-corrected chi connectivity index (χ4v) is 1.24. The first-order valence-corrected chi connectivity index (χ1v) is 6.07. The fourth-order valence-electron chi connectivity index (χ4n) is 1.24. The molecule has 0 rings (SSSR count). The number of hydrogen-bond acceptors (Lipinski definition) is 2. The summed E-state index contributed by atoms with van der Waals surface area (Å²) in [4.78, 5) is 0. The molecule has 0 spiro atoms. The Morgan fingerprint density at radius 3 is 1.86 bits per heavy atom. The average Bonchev–Trinajstić information content (AvgIpc) is 2.21. The van der Waals surface area contributed by atoms with E-state index in [4.69, 9.17) is 9.47 Å². The molecule has 0 aromatic heterocycles. The summed E-state index contributed by atoms with van der Waals surface area (Å²) in [6.07, 6.45) is 7.30. The molecule has 0 aromatic rings. The highest BCUT2D eigenvalue weighted by Gasteiger charge is 1.90. The first-order chi connectivity index (χ1) is 6.91. The molecule has 0 heterocycles. The number of rotatable bonds is 11. The van der Waals surface area contributed by atoms with E-state index in [0.29, 0.717) is 0 Å². The van der Waals surface area contributed by atoms with Crippen LogP contribution in [0.1, 0.15) is 52.4 Å². The van der Waals surface area contributed by atoms with Crippen LogP contribution < -0.4 is 0 Å². The first kappa shape index (κ1) is 13.9. The summed E-state index contributed by atoms with van der Waals surface area (Å²) in [5.74, 6) is 0. The van der Waals surface area contributed by atoms with Gasteiger partial charge in [0.05, 0.1) is 0 Å². The predicted octanol–water partition coefficient (Wildman–Crippen LogP) is 3.40. The van der Waals surface area contributed by atoms with Crippen LogP contribution in [0.25, 0.3) is 0 Å². The SMILES string of the molecule is CCCCCCOCCCOCCC. The lowest BCUT2D eigenvalue weighted by molar-refractivity contribution is 0.0813. The molecule has 86 valence electrons. The molecule has 0 aliphatic rings. The Balaban J connectivity index is 2.78. The number of ether oxygens (including phenoxy) is 2. The van der Waals surface area contributed by atoms with Crippen LogP contribution in [-0.2, 0) is 9.47 Å². The molecule has 0 radical (unpaired) electrons. The second kappa shape index (κ2) is 12.9. The van der Waals surface area contributed by atoms with E-state index in [2.05, 4.69) is 13.8 Å². The third kappa shape index (κ3) is 11.9. The Hall–Kier alpha value is -0.0800. The van der Waals surface area contributed by atoms with E-state index in [1.165, 1.54) is 25.7 Å². The highest BCUT2D eigenvalue weighted by Crippen LogP contribution is 1.99. The largest absolute Gasteiger partial charge is 0.381 e. The lowest BCUT2D eigenvalue weighted by Crippen LogP contribution is -2.02. The topological polar surface area (TPSA) is 18.5 Å². The zero-order valence-corrected chi connectivity index (χ0v) is 9.89. The monoisotopic (exact) mass is 202 g/mol. The lowest BCUT2D eigenvalue weighted by atomic mass is 10.2. The van der Waals surface area contributed by atoms with Gasteiger partial charge in [-0.2, -0.15) is 0 Å². The van der Waals surface area contributed by atoms with Crippen LogP contribution in [0.2, 0.25) is 0 Å². The van der Waals surface area contributed by atoms with Crippen LogP contribution in [0, 0.1) is 0 Å². The van der Waals surface area contributed by atoms with Crippen molar-refractivity contribution >= 4 is 0 Å². The normalized spacial score (nSPS) is 10.7. The van der Waals surface area contributed by atoms with E-state index in [1.54, 1.807) is 0 Å². The van der Waals surface area contributed by atoms with E-state index in [1.807, 2.05) is 0 Å². The molecule has 0 saturated carbocycles. The zero-order chi connectivity index (χ0) is 10.5. The summed E-state index contributed by atoms with van der Waals surface area (Å²) in [6, 6.07) is 0. The van der Waals surface area contributed by atoms with Gasteiger partial charge in [-0.1, -0.05) is 33.1 Å². The van der Waals surface area contributed by atoms with Crippen LogP contribution in [0.15, 0.2) is 0 Å². The van der Waals surface area contributed by atoms with Crippen LogP contribution in [-0.4, -0.2) is 26.4 Å². The van der Waals surface area contributed by atoms with Crippen LogP contribution in [0.5, 0.6) is 0 Å². The summed E-state index contributed by atoms with van der Waals surface area (Å²) in [7, 11) is 0. The Labute approximate surface area is 89.0 Å².